The number of carbonyl (C=O) groups is 2. The van der Waals surface area contributed by atoms with Crippen LogP contribution in [0.3, 0.4) is 0 Å². The van der Waals surface area contributed by atoms with Gasteiger partial charge in [0.2, 0.25) is 5.91 Å². The Labute approximate surface area is 182 Å². The summed E-state index contributed by atoms with van der Waals surface area (Å²) in [5.74, 6) is -0.294. The average molecular weight is 424 g/mol. The normalized spacial score (nSPS) is 17.3. The quantitative estimate of drug-likeness (QED) is 0.766. The Kier molecular flexibility index (Phi) is 6.81. The molecule has 0 atom stereocenters. The molecule has 0 bridgehead atoms. The third-order valence-electron chi connectivity index (χ3n) is 5.26. The van der Waals surface area contributed by atoms with Crippen molar-refractivity contribution in [1.82, 2.24) is 14.7 Å². The number of benzene rings is 2. The number of likely N-dealkylation sites (N-methyl/N-ethyl adjacent to an activating group) is 2. The van der Waals surface area contributed by atoms with E-state index in [0.717, 1.165) is 16.5 Å². The van der Waals surface area contributed by atoms with Gasteiger partial charge in [-0.05, 0) is 24.6 Å². The van der Waals surface area contributed by atoms with E-state index in [1.54, 1.807) is 23.9 Å². The summed E-state index contributed by atoms with van der Waals surface area (Å²) >= 11 is 0. The summed E-state index contributed by atoms with van der Waals surface area (Å²) < 4.78 is 5.43. The Hall–Kier alpha value is -3.52. The third-order valence-corrected chi connectivity index (χ3v) is 5.26. The zero-order valence-electron chi connectivity index (χ0n) is 18.2. The fourth-order valence-electron chi connectivity index (χ4n) is 3.57. The highest BCUT2D eigenvalue weighted by atomic mass is 16.5. The first-order chi connectivity index (χ1) is 14.9. The van der Waals surface area contributed by atoms with Crippen LogP contribution in [-0.4, -0.2) is 67.2 Å². The summed E-state index contributed by atoms with van der Waals surface area (Å²) in [6.45, 7) is 6.48. The van der Waals surface area contributed by atoms with Gasteiger partial charge in [0.25, 0.3) is 5.91 Å². The molecule has 2 aromatic rings. The summed E-state index contributed by atoms with van der Waals surface area (Å²) in [6.07, 6.45) is 1.46. The smallest absolute Gasteiger partial charge is 0.275 e. The van der Waals surface area contributed by atoms with Gasteiger partial charge in [-0.1, -0.05) is 43.0 Å². The molecule has 0 aliphatic carbocycles. The van der Waals surface area contributed by atoms with E-state index in [4.69, 9.17) is 10.5 Å². The lowest BCUT2D eigenvalue weighted by Gasteiger charge is -2.34. The molecule has 0 unspecified atom stereocenters. The van der Waals surface area contributed by atoms with E-state index in [0.29, 0.717) is 6.54 Å². The molecule has 8 nitrogen and oxygen atoms in total. The lowest BCUT2D eigenvalue weighted by Crippen LogP contribution is -2.46. The zero-order valence-corrected chi connectivity index (χ0v) is 18.2. The molecule has 0 aromatic heterocycles. The molecule has 1 aliphatic rings. The highest BCUT2D eigenvalue weighted by Gasteiger charge is 2.29. The second kappa shape index (κ2) is 9.53. The molecule has 0 saturated heterocycles. The molecule has 2 N–H and O–H groups in total. The minimum atomic E-state index is -0.343. The fraction of sp³-hybridized carbons (Fsp3) is 0.304. The van der Waals surface area contributed by atoms with Crippen molar-refractivity contribution in [1.29, 1.82) is 0 Å². The summed E-state index contributed by atoms with van der Waals surface area (Å²) in [4.78, 5) is 32.6. The van der Waals surface area contributed by atoms with Gasteiger partial charge in [0.15, 0.2) is 0 Å². The molecule has 0 saturated carbocycles. The van der Waals surface area contributed by atoms with Gasteiger partial charge in [0, 0.05) is 26.0 Å². The van der Waals surface area contributed by atoms with Gasteiger partial charge in [0.1, 0.15) is 31.5 Å². The van der Waals surface area contributed by atoms with Gasteiger partial charge in [0.05, 0.1) is 5.69 Å². The molecule has 3 rings (SSSR count). The number of nitrogens with zero attached hydrogens (tertiary/aromatic N) is 4. The first-order valence-corrected chi connectivity index (χ1v) is 10.1. The van der Waals surface area contributed by atoms with Crippen LogP contribution in [0.15, 0.2) is 66.8 Å². The number of carbonyl (C=O) groups excluding carboxylic acids is 2. The van der Waals surface area contributed by atoms with Gasteiger partial charge in [-0.15, -0.1) is 0 Å². The molecule has 0 fully saturated rings. The van der Waals surface area contributed by atoms with Crippen LogP contribution < -0.4 is 10.6 Å². The van der Waals surface area contributed by atoms with Crippen molar-refractivity contribution >= 4 is 28.3 Å². The molecule has 2 amide bonds. The Bertz CT molecular complexity index is 1010. The van der Waals surface area contributed by atoms with E-state index in [9.17, 15) is 9.59 Å². The van der Waals surface area contributed by atoms with Crippen LogP contribution in [0.2, 0.25) is 0 Å². The zero-order chi connectivity index (χ0) is 22.5. The number of fused-ring (bicyclic) bond motifs is 1. The number of rotatable bonds is 6. The van der Waals surface area contributed by atoms with E-state index >= 15 is 0 Å². The molecular formula is C23H29N5O3. The monoisotopic (exact) mass is 423 g/mol. The molecular weight excluding hydrogens is 394 g/mol. The van der Waals surface area contributed by atoms with Crippen LogP contribution in [0, 0.1) is 0 Å². The maximum Gasteiger partial charge on any atom is 0.275 e. The van der Waals surface area contributed by atoms with Crippen LogP contribution in [0.5, 0.6) is 0 Å². The van der Waals surface area contributed by atoms with Crippen LogP contribution in [0.25, 0.3) is 10.8 Å². The Morgan fingerprint density at radius 2 is 1.84 bits per heavy atom. The summed E-state index contributed by atoms with van der Waals surface area (Å²) in [5, 5.41) is 2.04. The average Bonchev–Trinajstić information content (AvgIpc) is 2.78. The maximum absolute atomic E-state index is 13.4. The molecule has 31 heavy (non-hydrogen) atoms. The van der Waals surface area contributed by atoms with Crippen LogP contribution in [0.1, 0.15) is 6.92 Å². The van der Waals surface area contributed by atoms with Crippen molar-refractivity contribution in [3.05, 3.63) is 66.8 Å². The van der Waals surface area contributed by atoms with E-state index in [-0.39, 0.29) is 43.3 Å². The van der Waals surface area contributed by atoms with Gasteiger partial charge in [-0.2, -0.15) is 0 Å². The number of anilines is 1. The van der Waals surface area contributed by atoms with Crippen LogP contribution in [-0.2, 0) is 14.3 Å². The lowest BCUT2D eigenvalue weighted by molar-refractivity contribution is -0.135. The van der Waals surface area contributed by atoms with Gasteiger partial charge in [-0.25, -0.2) is 0 Å². The Morgan fingerprint density at radius 3 is 2.55 bits per heavy atom. The van der Waals surface area contributed by atoms with Crippen molar-refractivity contribution in [2.24, 2.45) is 5.73 Å². The summed E-state index contributed by atoms with van der Waals surface area (Å²) in [7, 11) is 3.35. The van der Waals surface area contributed by atoms with Crippen molar-refractivity contribution in [2.75, 3.05) is 45.5 Å². The number of ether oxygens (including phenoxy) is 1. The predicted octanol–water partition coefficient (Wildman–Crippen LogP) is 2.10. The minimum Gasteiger partial charge on any atom is -0.383 e. The molecule has 8 heteroatoms. The number of hydrogen-bond donors (Lipinski definition) is 1. The topological polar surface area (TPSA) is 82.3 Å². The largest absolute Gasteiger partial charge is 0.383 e. The van der Waals surface area contributed by atoms with E-state index in [1.165, 1.54) is 16.0 Å². The highest BCUT2D eigenvalue weighted by Crippen LogP contribution is 2.27. The maximum atomic E-state index is 13.4. The molecule has 1 heterocycles. The number of nitrogens with two attached hydrogens (primary N) is 1. The minimum absolute atomic E-state index is 0.0785. The predicted molar refractivity (Wildman–Crippen MR) is 121 cm³/mol. The standard InChI is InChI=1S/C23H29N5O3/c1-5-27(21-22(24)25(3)15-31-16-26(4)23(21)30)14-20(29)28(6-2)19-13-9-11-17-10-7-8-12-18(17)19/h5,7-13H,1,6,14-16,24H2,2-4H3/b22-21+. The fourth-order valence-corrected chi connectivity index (χ4v) is 3.57. The van der Waals surface area contributed by atoms with Crippen LogP contribution in [0.4, 0.5) is 5.69 Å². The van der Waals surface area contributed by atoms with Gasteiger partial charge in [-0.3, -0.25) is 9.59 Å². The first kappa shape index (κ1) is 22.2. The second-order valence-electron chi connectivity index (χ2n) is 7.34. The van der Waals surface area contributed by atoms with Crippen molar-refractivity contribution < 1.29 is 14.3 Å². The Balaban J connectivity index is 1.95. The third kappa shape index (κ3) is 4.49. The van der Waals surface area contributed by atoms with Crippen molar-refractivity contribution in [3.8, 4) is 0 Å². The Morgan fingerprint density at radius 1 is 1.16 bits per heavy atom. The summed E-state index contributed by atoms with van der Waals surface area (Å²) in [6, 6.07) is 13.8. The molecule has 164 valence electrons. The highest BCUT2D eigenvalue weighted by molar-refractivity contribution is 6.05. The lowest BCUT2D eigenvalue weighted by atomic mass is 10.1. The van der Waals surface area contributed by atoms with Crippen molar-refractivity contribution in [2.45, 2.75) is 6.92 Å². The first-order valence-electron chi connectivity index (χ1n) is 10.1. The van der Waals surface area contributed by atoms with Gasteiger partial charge >= 0.3 is 0 Å². The number of hydrogen-bond acceptors (Lipinski definition) is 6. The van der Waals surface area contributed by atoms with Crippen molar-refractivity contribution in [3.63, 3.8) is 0 Å². The van der Waals surface area contributed by atoms with Gasteiger partial charge < -0.3 is 30.1 Å². The number of amides is 2. The summed E-state index contributed by atoms with van der Waals surface area (Å²) in [5.41, 5.74) is 7.28. The SMILES string of the molecule is C=CN(CC(=O)N(CC)c1cccc2ccccc12)/C1=C(\N)N(C)COCN(C)C1=O. The molecule has 0 spiro atoms. The van der Waals surface area contributed by atoms with E-state index in [2.05, 4.69) is 6.58 Å². The van der Waals surface area contributed by atoms with Crippen LogP contribution >= 0.6 is 0 Å². The van der Waals surface area contributed by atoms with E-state index in [1.807, 2.05) is 49.4 Å². The second-order valence-corrected chi connectivity index (χ2v) is 7.34. The van der Waals surface area contributed by atoms with E-state index < -0.39 is 0 Å². The molecule has 2 aromatic carbocycles. The molecule has 0 radical (unpaired) electrons. The molecule has 1 aliphatic heterocycles.